The third-order valence-electron chi connectivity index (χ3n) is 13.5. The molecule has 0 aromatic heterocycles. The van der Waals surface area contributed by atoms with Gasteiger partial charge < -0.3 is 0 Å². The van der Waals surface area contributed by atoms with Crippen LogP contribution in [-0.2, 0) is 0 Å². The molecular weight excluding hydrogens is 252 g/mol. The molecule has 0 heteroatoms. The molecule has 110 valence electrons. The van der Waals surface area contributed by atoms with Crippen LogP contribution in [0.4, 0.5) is 0 Å². The van der Waals surface area contributed by atoms with Crippen molar-refractivity contribution in [2.24, 2.45) is 86.8 Å². The van der Waals surface area contributed by atoms with Crippen LogP contribution in [0.25, 0.3) is 0 Å². The lowest BCUT2D eigenvalue weighted by atomic mass is 9.01. The molecule has 0 saturated heterocycles. The molecule has 8 bridgehead atoms. The van der Waals surface area contributed by atoms with Crippen molar-refractivity contribution in [3.63, 3.8) is 0 Å². The summed E-state index contributed by atoms with van der Waals surface area (Å²) in [5, 5.41) is 0. The maximum absolute atomic E-state index is 2.75. The second kappa shape index (κ2) is 2.01. The normalized spacial score (nSPS) is 97.0. The molecule has 15 atom stereocenters. The van der Waals surface area contributed by atoms with Gasteiger partial charge in [0, 0.05) is 0 Å². The van der Waals surface area contributed by atoms with Crippen molar-refractivity contribution < 1.29 is 0 Å². The monoisotopic (exact) mass is 278 g/mol. The van der Waals surface area contributed by atoms with Gasteiger partial charge in [-0.05, 0) is 106 Å². The average Bonchev–Trinajstić information content (AvgIpc) is 2.86. The summed E-state index contributed by atoms with van der Waals surface area (Å²) in [6, 6.07) is 0. The average molecular weight is 278 g/mol. The first kappa shape index (κ1) is 9.99. The van der Waals surface area contributed by atoms with Crippen LogP contribution in [0.15, 0.2) is 0 Å². The van der Waals surface area contributed by atoms with Gasteiger partial charge in [-0.15, -0.1) is 0 Å². The predicted molar refractivity (Wildman–Crippen MR) is 79.0 cm³/mol. The third-order valence-corrected chi connectivity index (χ3v) is 13.5. The molecule has 0 heterocycles. The standard InChI is InChI=1S/C21H26/c1-7-6-11-15-16-12-8(2)18-5-4-10(18)13(12)17-14-9(3)19(7,11)21(15,17)20(14,16)18/h7-17H,4-6H2,1-3H3. The van der Waals surface area contributed by atoms with Gasteiger partial charge in [-0.3, -0.25) is 0 Å². The zero-order valence-corrected chi connectivity index (χ0v) is 13.5. The molecular formula is C21H26. The minimum absolute atomic E-state index is 0.907. The van der Waals surface area contributed by atoms with Crippen molar-refractivity contribution in [3.8, 4) is 0 Å². The predicted octanol–water partition coefficient (Wildman–Crippen LogP) is 4.06. The van der Waals surface area contributed by atoms with Crippen molar-refractivity contribution in [3.05, 3.63) is 0 Å². The van der Waals surface area contributed by atoms with Crippen LogP contribution in [0.1, 0.15) is 40.0 Å². The summed E-state index contributed by atoms with van der Waals surface area (Å²) >= 11 is 0. The maximum Gasteiger partial charge on any atom is -0.00971 e. The highest BCUT2D eigenvalue weighted by atomic mass is 15.2. The van der Waals surface area contributed by atoms with Crippen molar-refractivity contribution in [2.45, 2.75) is 40.0 Å². The molecule has 0 radical (unpaired) electrons. The van der Waals surface area contributed by atoms with Crippen molar-refractivity contribution in [2.75, 3.05) is 0 Å². The first-order chi connectivity index (χ1) is 10.2. The van der Waals surface area contributed by atoms with Crippen molar-refractivity contribution in [1.82, 2.24) is 0 Å². The van der Waals surface area contributed by atoms with E-state index in [1.54, 1.807) is 19.3 Å². The lowest BCUT2D eigenvalue weighted by Gasteiger charge is -3.02. The largest absolute Gasteiger partial charge is 0.0619 e. The zero-order valence-electron chi connectivity index (χ0n) is 13.5. The Morgan fingerprint density at radius 1 is 0.762 bits per heavy atom. The van der Waals surface area contributed by atoms with Crippen LogP contribution in [0.3, 0.4) is 0 Å². The van der Waals surface area contributed by atoms with Crippen LogP contribution >= 0.6 is 0 Å². The number of hydrogen-bond donors (Lipinski definition) is 0. The fraction of sp³-hybridized carbons (Fsp3) is 1.00. The molecule has 21 heavy (non-hydrogen) atoms. The molecule has 0 aromatic rings. The summed E-state index contributed by atoms with van der Waals surface area (Å²) in [4.78, 5) is 0. The van der Waals surface area contributed by atoms with E-state index in [1.165, 1.54) is 47.3 Å². The Morgan fingerprint density at radius 2 is 1.57 bits per heavy atom. The van der Waals surface area contributed by atoms with E-state index in [9.17, 15) is 0 Å². The minimum atomic E-state index is 0.907. The van der Waals surface area contributed by atoms with Gasteiger partial charge in [-0.1, -0.05) is 20.8 Å². The van der Waals surface area contributed by atoms with Gasteiger partial charge in [-0.25, -0.2) is 0 Å². The van der Waals surface area contributed by atoms with Gasteiger partial charge in [0.05, 0.1) is 0 Å². The fourth-order valence-electron chi connectivity index (χ4n) is 14.9. The molecule has 0 aromatic carbocycles. The van der Waals surface area contributed by atoms with E-state index in [-0.39, 0.29) is 0 Å². The molecule has 14 rings (SSSR count). The highest BCUT2D eigenvalue weighted by molar-refractivity contribution is 5.61. The lowest BCUT2D eigenvalue weighted by molar-refractivity contribution is -0.561. The molecule has 14 aliphatic carbocycles. The minimum Gasteiger partial charge on any atom is -0.0619 e. The summed E-state index contributed by atoms with van der Waals surface area (Å²) in [5.74, 6) is 13.3. The third kappa shape index (κ3) is 0.402. The molecule has 0 amide bonds. The maximum atomic E-state index is 2.75. The molecule has 14 aliphatic rings. The Balaban J connectivity index is 1.47. The van der Waals surface area contributed by atoms with Crippen molar-refractivity contribution in [1.29, 1.82) is 0 Å². The SMILES string of the molecule is CC1C2C3C4CCC14C14C5C(C)C67C(C)CC6C(C21)C74C35. The van der Waals surface area contributed by atoms with Gasteiger partial charge in [0.2, 0.25) is 0 Å². The van der Waals surface area contributed by atoms with E-state index < -0.39 is 0 Å². The van der Waals surface area contributed by atoms with Gasteiger partial charge in [0.25, 0.3) is 0 Å². The van der Waals surface area contributed by atoms with Gasteiger partial charge in [0.1, 0.15) is 0 Å². The lowest BCUT2D eigenvalue weighted by Crippen LogP contribution is -2.99. The molecule has 14 saturated carbocycles. The van der Waals surface area contributed by atoms with E-state index in [1.807, 2.05) is 0 Å². The zero-order chi connectivity index (χ0) is 13.5. The van der Waals surface area contributed by atoms with Crippen molar-refractivity contribution >= 4 is 0 Å². The molecule has 0 nitrogen and oxygen atoms in total. The highest BCUT2D eigenvalue weighted by Gasteiger charge is 3.15. The van der Waals surface area contributed by atoms with E-state index in [0.29, 0.717) is 0 Å². The van der Waals surface area contributed by atoms with Crippen LogP contribution in [0.5, 0.6) is 0 Å². The topological polar surface area (TPSA) is 0 Å². The Bertz CT molecular complexity index is 709. The first-order valence-electron chi connectivity index (χ1n) is 10.2. The Morgan fingerprint density at radius 3 is 2.24 bits per heavy atom. The Labute approximate surface area is 127 Å². The highest BCUT2D eigenvalue weighted by Crippen LogP contribution is 3.18. The number of rotatable bonds is 0. The van der Waals surface area contributed by atoms with E-state index >= 15 is 0 Å². The summed E-state index contributed by atoms with van der Waals surface area (Å²) in [5.41, 5.74) is 3.76. The van der Waals surface area contributed by atoms with Crippen LogP contribution in [0.2, 0.25) is 0 Å². The Kier molecular flexibility index (Phi) is 0.954. The van der Waals surface area contributed by atoms with E-state index in [2.05, 4.69) is 20.8 Å². The van der Waals surface area contributed by atoms with Gasteiger partial charge in [0.15, 0.2) is 0 Å². The van der Waals surface area contributed by atoms with Crippen LogP contribution in [0, 0.1) is 86.8 Å². The summed E-state index contributed by atoms with van der Waals surface area (Å²) in [6.45, 7) is 8.15. The molecule has 15 unspecified atom stereocenters. The van der Waals surface area contributed by atoms with Crippen LogP contribution < -0.4 is 0 Å². The molecule has 0 N–H and O–H groups in total. The Hall–Kier alpha value is 0. The van der Waals surface area contributed by atoms with E-state index in [4.69, 9.17) is 0 Å². The second-order valence-electron chi connectivity index (χ2n) is 11.4. The molecule has 0 aliphatic heterocycles. The first-order valence-corrected chi connectivity index (χ1v) is 10.2. The summed E-state index contributed by atoms with van der Waals surface area (Å²) < 4.78 is 0. The molecule has 14 fully saturated rings. The fourth-order valence-corrected chi connectivity index (χ4v) is 14.9. The molecule has 4 spiro atoms. The quantitative estimate of drug-likeness (QED) is 0.627. The van der Waals surface area contributed by atoms with E-state index in [0.717, 1.165) is 39.4 Å². The smallest absolute Gasteiger partial charge is 0.00971 e. The van der Waals surface area contributed by atoms with Gasteiger partial charge >= 0.3 is 0 Å². The van der Waals surface area contributed by atoms with Crippen LogP contribution in [-0.4, -0.2) is 0 Å². The second-order valence-corrected chi connectivity index (χ2v) is 11.4. The summed E-state index contributed by atoms with van der Waals surface area (Å²) in [7, 11) is 0. The summed E-state index contributed by atoms with van der Waals surface area (Å²) in [6.07, 6.45) is 4.94. The number of hydrogen-bond acceptors (Lipinski definition) is 0. The van der Waals surface area contributed by atoms with Gasteiger partial charge in [-0.2, -0.15) is 0 Å².